The van der Waals surface area contributed by atoms with E-state index in [4.69, 9.17) is 30.5 Å². The maximum Gasteiger partial charge on any atom is 0.347 e. The molecule has 0 saturated carbocycles. The van der Waals surface area contributed by atoms with Crippen LogP contribution in [0.15, 0.2) is 42.5 Å². The van der Waals surface area contributed by atoms with Gasteiger partial charge in [0.2, 0.25) is 6.79 Å². The summed E-state index contributed by atoms with van der Waals surface area (Å²) in [6.45, 7) is 1.63. The summed E-state index contributed by atoms with van der Waals surface area (Å²) >= 11 is 5.79. The van der Waals surface area contributed by atoms with Gasteiger partial charge >= 0.3 is 5.97 Å². The molecule has 2 aromatic rings. The highest BCUT2D eigenvalue weighted by Gasteiger charge is 2.18. The summed E-state index contributed by atoms with van der Waals surface area (Å²) in [6.07, 6.45) is -0.854. The van der Waals surface area contributed by atoms with Crippen LogP contribution in [-0.2, 0) is 20.9 Å². The van der Waals surface area contributed by atoms with E-state index in [0.717, 1.165) is 5.56 Å². The Kier molecular flexibility index (Phi) is 6.03. The highest BCUT2D eigenvalue weighted by molar-refractivity contribution is 6.30. The average molecular weight is 392 g/mol. The molecule has 7 nitrogen and oxygen atoms in total. The third kappa shape index (κ3) is 5.27. The van der Waals surface area contributed by atoms with Crippen molar-refractivity contribution in [2.24, 2.45) is 0 Å². The highest BCUT2D eigenvalue weighted by Crippen LogP contribution is 2.32. The molecule has 1 heterocycles. The number of fused-ring (bicyclic) bond motifs is 1. The van der Waals surface area contributed by atoms with E-state index < -0.39 is 24.6 Å². The molecular formula is C19H18ClNO6. The molecule has 0 unspecified atom stereocenters. The second kappa shape index (κ2) is 8.64. The minimum atomic E-state index is -0.854. The van der Waals surface area contributed by atoms with Crippen molar-refractivity contribution in [1.29, 1.82) is 0 Å². The molecule has 0 radical (unpaired) electrons. The van der Waals surface area contributed by atoms with Crippen LogP contribution < -0.4 is 19.5 Å². The van der Waals surface area contributed by atoms with Crippen molar-refractivity contribution in [2.75, 3.05) is 13.4 Å². The molecule has 0 aliphatic carbocycles. The summed E-state index contributed by atoms with van der Waals surface area (Å²) in [7, 11) is 0. The van der Waals surface area contributed by atoms with Crippen LogP contribution >= 0.6 is 11.6 Å². The van der Waals surface area contributed by atoms with Gasteiger partial charge in [0.1, 0.15) is 5.75 Å². The SMILES string of the molecule is C[C@H](Oc1ccc(Cl)cc1)C(=O)OCC(=O)NCc1ccc2c(c1)OCO2. The molecular weight excluding hydrogens is 374 g/mol. The van der Waals surface area contributed by atoms with Crippen LogP contribution in [0.1, 0.15) is 12.5 Å². The number of benzene rings is 2. The number of nitrogens with one attached hydrogen (secondary N) is 1. The molecule has 8 heteroatoms. The van der Waals surface area contributed by atoms with E-state index in [0.29, 0.717) is 22.3 Å². The van der Waals surface area contributed by atoms with Gasteiger partial charge in [-0.2, -0.15) is 0 Å². The standard InChI is InChI=1S/C19H18ClNO6/c1-12(27-15-5-3-14(20)4-6-15)19(23)24-10-18(22)21-9-13-2-7-16-17(8-13)26-11-25-16/h2-8,12H,9-11H2,1H3,(H,21,22)/t12-/m0/s1. The maximum absolute atomic E-state index is 11.9. The number of hydrogen-bond donors (Lipinski definition) is 1. The summed E-state index contributed by atoms with van der Waals surface area (Å²) in [5.74, 6) is 0.744. The van der Waals surface area contributed by atoms with Gasteiger partial charge in [0.05, 0.1) is 0 Å². The summed E-state index contributed by atoms with van der Waals surface area (Å²) in [5.41, 5.74) is 0.846. The number of halogens is 1. The minimum Gasteiger partial charge on any atom is -0.479 e. The van der Waals surface area contributed by atoms with Crippen LogP contribution in [0.2, 0.25) is 5.02 Å². The lowest BCUT2D eigenvalue weighted by Gasteiger charge is -2.14. The zero-order valence-electron chi connectivity index (χ0n) is 14.6. The summed E-state index contributed by atoms with van der Waals surface area (Å²) in [5, 5.41) is 3.24. The Morgan fingerprint density at radius 3 is 2.67 bits per heavy atom. The predicted molar refractivity (Wildman–Crippen MR) is 96.9 cm³/mol. The van der Waals surface area contributed by atoms with Crippen molar-refractivity contribution in [1.82, 2.24) is 5.32 Å². The minimum absolute atomic E-state index is 0.192. The zero-order chi connectivity index (χ0) is 19.2. The zero-order valence-corrected chi connectivity index (χ0v) is 15.3. The van der Waals surface area contributed by atoms with Gasteiger partial charge in [-0.1, -0.05) is 17.7 Å². The second-order valence-electron chi connectivity index (χ2n) is 5.79. The van der Waals surface area contributed by atoms with Crippen LogP contribution in [0, 0.1) is 0 Å². The summed E-state index contributed by atoms with van der Waals surface area (Å²) in [4.78, 5) is 23.8. The van der Waals surface area contributed by atoms with Crippen molar-refractivity contribution in [3.63, 3.8) is 0 Å². The van der Waals surface area contributed by atoms with E-state index in [1.807, 2.05) is 6.07 Å². The number of carbonyl (C=O) groups is 2. The lowest BCUT2D eigenvalue weighted by molar-refractivity contribution is -0.154. The molecule has 2 aromatic carbocycles. The molecule has 1 amide bonds. The van der Waals surface area contributed by atoms with E-state index in [1.54, 1.807) is 43.3 Å². The molecule has 1 aliphatic rings. The largest absolute Gasteiger partial charge is 0.479 e. The van der Waals surface area contributed by atoms with Crippen LogP contribution in [0.25, 0.3) is 0 Å². The van der Waals surface area contributed by atoms with Crippen molar-refractivity contribution in [2.45, 2.75) is 19.6 Å². The van der Waals surface area contributed by atoms with E-state index in [9.17, 15) is 9.59 Å². The molecule has 1 N–H and O–H groups in total. The van der Waals surface area contributed by atoms with E-state index >= 15 is 0 Å². The molecule has 1 aliphatic heterocycles. The van der Waals surface area contributed by atoms with Crippen LogP contribution in [0.4, 0.5) is 0 Å². The molecule has 27 heavy (non-hydrogen) atoms. The molecule has 1 atom stereocenters. The topological polar surface area (TPSA) is 83.1 Å². The first-order valence-electron chi connectivity index (χ1n) is 8.25. The van der Waals surface area contributed by atoms with Crippen LogP contribution in [0.5, 0.6) is 17.2 Å². The molecule has 0 saturated heterocycles. The van der Waals surface area contributed by atoms with E-state index in [1.165, 1.54) is 0 Å². The monoisotopic (exact) mass is 391 g/mol. The normalized spacial score (nSPS) is 13.0. The molecule has 142 valence electrons. The number of carbonyl (C=O) groups excluding carboxylic acids is 2. The number of hydrogen-bond acceptors (Lipinski definition) is 6. The number of amides is 1. The Hall–Kier alpha value is -2.93. The lowest BCUT2D eigenvalue weighted by Crippen LogP contribution is -2.32. The molecule has 0 aromatic heterocycles. The van der Waals surface area contributed by atoms with Crippen molar-refractivity contribution >= 4 is 23.5 Å². The first-order valence-corrected chi connectivity index (χ1v) is 8.63. The third-order valence-corrected chi connectivity index (χ3v) is 3.98. The average Bonchev–Trinajstić information content (AvgIpc) is 3.14. The smallest absolute Gasteiger partial charge is 0.347 e. The molecule has 0 bridgehead atoms. The Morgan fingerprint density at radius 2 is 1.89 bits per heavy atom. The summed E-state index contributed by atoms with van der Waals surface area (Å²) in [6, 6.07) is 12.0. The van der Waals surface area contributed by atoms with Gasteiger partial charge < -0.3 is 24.3 Å². The maximum atomic E-state index is 11.9. The lowest BCUT2D eigenvalue weighted by atomic mass is 10.2. The number of ether oxygens (including phenoxy) is 4. The van der Waals surface area contributed by atoms with Gasteiger partial charge in [-0.3, -0.25) is 4.79 Å². The number of esters is 1. The van der Waals surface area contributed by atoms with Gasteiger partial charge in [-0.25, -0.2) is 4.79 Å². The quantitative estimate of drug-likeness (QED) is 0.731. The first-order chi connectivity index (χ1) is 13.0. The fourth-order valence-corrected chi connectivity index (χ4v) is 2.45. The summed E-state index contributed by atoms with van der Waals surface area (Å²) < 4.78 is 20.9. The van der Waals surface area contributed by atoms with Crippen LogP contribution in [0.3, 0.4) is 0 Å². The highest BCUT2D eigenvalue weighted by atomic mass is 35.5. The van der Waals surface area contributed by atoms with Gasteiger partial charge in [0.25, 0.3) is 5.91 Å². The van der Waals surface area contributed by atoms with Gasteiger partial charge in [-0.05, 0) is 48.9 Å². The van der Waals surface area contributed by atoms with Crippen LogP contribution in [-0.4, -0.2) is 31.4 Å². The Balaban J connectivity index is 1.40. The van der Waals surface area contributed by atoms with Crippen molar-refractivity contribution in [3.8, 4) is 17.2 Å². The van der Waals surface area contributed by atoms with Gasteiger partial charge in [0, 0.05) is 11.6 Å². The van der Waals surface area contributed by atoms with Crippen molar-refractivity contribution in [3.05, 3.63) is 53.1 Å². The third-order valence-electron chi connectivity index (χ3n) is 3.73. The van der Waals surface area contributed by atoms with Gasteiger partial charge in [0.15, 0.2) is 24.2 Å². The fraction of sp³-hybridized carbons (Fsp3) is 0.263. The first kappa shape index (κ1) is 18.8. The fourth-order valence-electron chi connectivity index (χ4n) is 2.32. The molecule has 0 spiro atoms. The number of rotatable bonds is 7. The molecule has 3 rings (SSSR count). The predicted octanol–water partition coefficient (Wildman–Crippen LogP) is 2.70. The van der Waals surface area contributed by atoms with Crippen molar-refractivity contribution < 1.29 is 28.5 Å². The molecule has 0 fully saturated rings. The van der Waals surface area contributed by atoms with E-state index in [2.05, 4.69) is 5.32 Å². The second-order valence-corrected chi connectivity index (χ2v) is 6.22. The Bertz CT molecular complexity index is 823. The Morgan fingerprint density at radius 1 is 1.15 bits per heavy atom. The van der Waals surface area contributed by atoms with Gasteiger partial charge in [-0.15, -0.1) is 0 Å². The Labute approximate surface area is 161 Å². The van der Waals surface area contributed by atoms with E-state index in [-0.39, 0.29) is 13.3 Å².